The van der Waals surface area contributed by atoms with Crippen molar-refractivity contribution in [3.05, 3.63) is 18.2 Å². The number of aromatic amines is 1. The number of nitrogens with one attached hydrogen (secondary N) is 2. The average Bonchev–Trinajstić information content (AvgIpc) is 2.97. The minimum Gasteiger partial charge on any atom is -0.497 e. The van der Waals surface area contributed by atoms with Gasteiger partial charge >= 0.3 is 0 Å². The summed E-state index contributed by atoms with van der Waals surface area (Å²) in [4.78, 5) is 19.5. The monoisotopic (exact) mass is 351 g/mol. The summed E-state index contributed by atoms with van der Waals surface area (Å²) in [7, 11) is 1.63. The summed E-state index contributed by atoms with van der Waals surface area (Å²) in [5.74, 6) is 1.71. The Morgan fingerprint density at radius 2 is 2.21 bits per heavy atom. The number of hydrogen-bond donors (Lipinski definition) is 2. The van der Waals surface area contributed by atoms with Gasteiger partial charge in [0.1, 0.15) is 5.75 Å². The van der Waals surface area contributed by atoms with Gasteiger partial charge in [-0.15, -0.1) is 0 Å². The van der Waals surface area contributed by atoms with E-state index in [1.807, 2.05) is 18.2 Å². The maximum absolute atomic E-state index is 11.8. The zero-order chi connectivity index (χ0) is 17.4. The second-order valence-corrected chi connectivity index (χ2v) is 6.82. The van der Waals surface area contributed by atoms with Gasteiger partial charge in [-0.3, -0.25) is 4.79 Å². The second-order valence-electron chi connectivity index (χ2n) is 5.86. The Morgan fingerprint density at radius 3 is 2.96 bits per heavy atom. The topological polar surface area (TPSA) is 76.2 Å². The fourth-order valence-corrected chi connectivity index (χ4v) is 2.74. The molecule has 1 heterocycles. The van der Waals surface area contributed by atoms with Crippen molar-refractivity contribution in [1.82, 2.24) is 15.3 Å². The normalized spacial score (nSPS) is 11.2. The number of amides is 1. The lowest BCUT2D eigenvalue weighted by molar-refractivity contribution is -0.118. The summed E-state index contributed by atoms with van der Waals surface area (Å²) < 4.78 is 10.7. The third-order valence-electron chi connectivity index (χ3n) is 3.42. The first-order chi connectivity index (χ1) is 11.6. The van der Waals surface area contributed by atoms with Crippen molar-refractivity contribution in [2.45, 2.75) is 25.4 Å². The predicted octanol–water partition coefficient (Wildman–Crippen LogP) is 2.84. The molecule has 0 radical (unpaired) electrons. The highest BCUT2D eigenvalue weighted by atomic mass is 32.2. The van der Waals surface area contributed by atoms with Crippen LogP contribution in [-0.2, 0) is 9.53 Å². The third kappa shape index (κ3) is 6.05. The molecule has 0 saturated carbocycles. The summed E-state index contributed by atoms with van der Waals surface area (Å²) in [5.41, 5.74) is 1.76. The van der Waals surface area contributed by atoms with Crippen LogP contribution in [0.5, 0.6) is 5.75 Å². The molecule has 0 bridgehead atoms. The van der Waals surface area contributed by atoms with Crippen LogP contribution in [0.25, 0.3) is 11.0 Å². The van der Waals surface area contributed by atoms with Crippen LogP contribution in [0.2, 0.25) is 0 Å². The first kappa shape index (κ1) is 18.6. The number of ether oxygens (including phenoxy) is 2. The van der Waals surface area contributed by atoms with Crippen LogP contribution in [0.3, 0.4) is 0 Å². The number of nitrogens with zero attached hydrogens (tertiary/aromatic N) is 1. The first-order valence-electron chi connectivity index (χ1n) is 8.09. The highest BCUT2D eigenvalue weighted by molar-refractivity contribution is 7.99. The average molecular weight is 351 g/mol. The summed E-state index contributed by atoms with van der Waals surface area (Å²) in [6.45, 7) is 6.15. The number of rotatable bonds is 10. The van der Waals surface area contributed by atoms with Gasteiger partial charge in [-0.1, -0.05) is 25.6 Å². The summed E-state index contributed by atoms with van der Waals surface area (Å²) in [5, 5.41) is 3.57. The van der Waals surface area contributed by atoms with Gasteiger partial charge in [-0.25, -0.2) is 4.98 Å². The van der Waals surface area contributed by atoms with Crippen molar-refractivity contribution in [3.8, 4) is 5.75 Å². The Kier molecular flexibility index (Phi) is 7.39. The smallest absolute Gasteiger partial charge is 0.230 e. The van der Waals surface area contributed by atoms with Gasteiger partial charge in [0.15, 0.2) is 5.16 Å². The Labute approximate surface area is 146 Å². The van der Waals surface area contributed by atoms with E-state index in [0.29, 0.717) is 24.8 Å². The Hall–Kier alpha value is -1.73. The van der Waals surface area contributed by atoms with E-state index in [9.17, 15) is 4.79 Å². The van der Waals surface area contributed by atoms with Gasteiger partial charge in [0.2, 0.25) is 5.91 Å². The van der Waals surface area contributed by atoms with Crippen LogP contribution in [0.4, 0.5) is 0 Å². The number of benzene rings is 1. The number of methoxy groups -OCH3 is 1. The molecule has 1 amide bonds. The number of hydrogen-bond acceptors (Lipinski definition) is 5. The fraction of sp³-hybridized carbons (Fsp3) is 0.529. The molecule has 132 valence electrons. The predicted molar refractivity (Wildman–Crippen MR) is 96.7 cm³/mol. The molecular formula is C17H25N3O3S. The van der Waals surface area contributed by atoms with Gasteiger partial charge in [0.25, 0.3) is 0 Å². The molecule has 0 aliphatic carbocycles. The Morgan fingerprint density at radius 1 is 1.38 bits per heavy atom. The SMILES string of the molecule is COc1ccc2nc(SCC(=O)NCCOCCC(C)C)[nH]c2c1. The fourth-order valence-electron chi connectivity index (χ4n) is 2.03. The largest absolute Gasteiger partial charge is 0.497 e. The van der Waals surface area contributed by atoms with E-state index >= 15 is 0 Å². The molecule has 2 aromatic rings. The van der Waals surface area contributed by atoms with Crippen molar-refractivity contribution in [2.75, 3.05) is 32.6 Å². The van der Waals surface area contributed by atoms with Crippen LogP contribution >= 0.6 is 11.8 Å². The highest BCUT2D eigenvalue weighted by Crippen LogP contribution is 2.22. The van der Waals surface area contributed by atoms with Crippen LogP contribution < -0.4 is 10.1 Å². The summed E-state index contributed by atoms with van der Waals surface area (Å²) in [6.07, 6.45) is 1.04. The molecule has 0 spiro atoms. The number of carbonyl (C=O) groups excluding carboxylic acids is 1. The number of imidazole rings is 1. The molecule has 7 heteroatoms. The molecule has 1 aromatic heterocycles. The molecule has 0 aliphatic rings. The summed E-state index contributed by atoms with van der Waals surface area (Å²) in [6, 6.07) is 5.65. The molecule has 6 nitrogen and oxygen atoms in total. The van der Waals surface area contributed by atoms with E-state index in [0.717, 1.165) is 35.0 Å². The molecule has 0 fully saturated rings. The number of thioether (sulfide) groups is 1. The van der Waals surface area contributed by atoms with E-state index in [4.69, 9.17) is 9.47 Å². The third-order valence-corrected chi connectivity index (χ3v) is 4.29. The van der Waals surface area contributed by atoms with Crippen LogP contribution in [0.15, 0.2) is 23.4 Å². The first-order valence-corrected chi connectivity index (χ1v) is 9.08. The lowest BCUT2D eigenvalue weighted by atomic mass is 10.1. The zero-order valence-electron chi connectivity index (χ0n) is 14.4. The van der Waals surface area contributed by atoms with Crippen molar-refractivity contribution in [2.24, 2.45) is 5.92 Å². The van der Waals surface area contributed by atoms with E-state index < -0.39 is 0 Å². The van der Waals surface area contributed by atoms with E-state index in [-0.39, 0.29) is 5.91 Å². The molecule has 0 atom stereocenters. The van der Waals surface area contributed by atoms with Crippen molar-refractivity contribution >= 4 is 28.7 Å². The van der Waals surface area contributed by atoms with Gasteiger partial charge < -0.3 is 19.8 Å². The molecule has 24 heavy (non-hydrogen) atoms. The van der Waals surface area contributed by atoms with E-state index in [2.05, 4.69) is 29.1 Å². The van der Waals surface area contributed by atoms with E-state index in [1.165, 1.54) is 11.8 Å². The van der Waals surface area contributed by atoms with Crippen LogP contribution in [0, 0.1) is 5.92 Å². The zero-order valence-corrected chi connectivity index (χ0v) is 15.2. The molecule has 2 rings (SSSR count). The number of fused-ring (bicyclic) bond motifs is 1. The van der Waals surface area contributed by atoms with Gasteiger partial charge in [-0.05, 0) is 24.5 Å². The lowest BCUT2D eigenvalue weighted by Gasteiger charge is -2.07. The minimum atomic E-state index is -0.0227. The van der Waals surface area contributed by atoms with Gasteiger partial charge in [0.05, 0.1) is 30.5 Å². The number of carbonyl (C=O) groups is 1. The van der Waals surface area contributed by atoms with Crippen LogP contribution in [0.1, 0.15) is 20.3 Å². The number of H-pyrrole nitrogens is 1. The van der Waals surface area contributed by atoms with Gasteiger partial charge in [-0.2, -0.15) is 0 Å². The standard InChI is InChI=1S/C17H25N3O3S/c1-12(2)6-8-23-9-7-18-16(21)11-24-17-19-14-5-4-13(22-3)10-15(14)20-17/h4-5,10,12H,6-9,11H2,1-3H3,(H,18,21)(H,19,20). The van der Waals surface area contributed by atoms with Crippen molar-refractivity contribution in [3.63, 3.8) is 0 Å². The second kappa shape index (κ2) is 9.54. The Balaban J connectivity index is 1.68. The molecular weight excluding hydrogens is 326 g/mol. The molecule has 1 aromatic carbocycles. The Bertz CT molecular complexity index is 658. The quantitative estimate of drug-likeness (QED) is 0.508. The maximum atomic E-state index is 11.8. The molecule has 0 aliphatic heterocycles. The maximum Gasteiger partial charge on any atom is 0.230 e. The number of aromatic nitrogens is 2. The van der Waals surface area contributed by atoms with E-state index in [1.54, 1.807) is 7.11 Å². The van der Waals surface area contributed by atoms with Gasteiger partial charge in [0, 0.05) is 19.2 Å². The summed E-state index contributed by atoms with van der Waals surface area (Å²) >= 11 is 1.38. The van der Waals surface area contributed by atoms with Crippen molar-refractivity contribution in [1.29, 1.82) is 0 Å². The van der Waals surface area contributed by atoms with Crippen molar-refractivity contribution < 1.29 is 14.3 Å². The minimum absolute atomic E-state index is 0.0227. The molecule has 0 unspecified atom stereocenters. The highest BCUT2D eigenvalue weighted by Gasteiger charge is 2.07. The molecule has 2 N–H and O–H groups in total. The molecule has 0 saturated heterocycles. The van der Waals surface area contributed by atoms with Crippen LogP contribution in [-0.4, -0.2) is 48.5 Å². The lowest BCUT2D eigenvalue weighted by Crippen LogP contribution is -2.28.